The number of nitrogens with one attached hydrogen (secondary N) is 1. The molecule has 0 heterocycles. The van der Waals surface area contributed by atoms with E-state index in [1.54, 1.807) is 0 Å². The van der Waals surface area contributed by atoms with Gasteiger partial charge in [0.2, 0.25) is 0 Å². The SMILES string of the molecule is CCNC1(C#N)CCC(SCCCO)C1. The highest BCUT2D eigenvalue weighted by Gasteiger charge is 2.38. The molecule has 0 aromatic heterocycles. The van der Waals surface area contributed by atoms with Crippen LogP contribution in [0.25, 0.3) is 0 Å². The van der Waals surface area contributed by atoms with Gasteiger partial charge in [-0.2, -0.15) is 17.0 Å². The van der Waals surface area contributed by atoms with Gasteiger partial charge in [-0.15, -0.1) is 0 Å². The highest BCUT2D eigenvalue weighted by Crippen LogP contribution is 2.36. The van der Waals surface area contributed by atoms with E-state index in [0.29, 0.717) is 5.25 Å². The minimum absolute atomic E-state index is 0.272. The number of nitriles is 1. The second-order valence-corrected chi connectivity index (χ2v) is 5.45. The predicted molar refractivity (Wildman–Crippen MR) is 63.8 cm³/mol. The fraction of sp³-hybridized carbons (Fsp3) is 0.909. The highest BCUT2D eigenvalue weighted by atomic mass is 32.2. The average Bonchev–Trinajstić information content (AvgIpc) is 2.64. The fourth-order valence-electron chi connectivity index (χ4n) is 2.10. The normalized spacial score (nSPS) is 30.3. The number of rotatable bonds is 6. The third kappa shape index (κ3) is 3.67. The van der Waals surface area contributed by atoms with Gasteiger partial charge in [0.05, 0.1) is 6.07 Å². The molecule has 4 heteroatoms. The van der Waals surface area contributed by atoms with Gasteiger partial charge in [0.15, 0.2) is 0 Å². The second kappa shape index (κ2) is 6.37. The van der Waals surface area contributed by atoms with Crippen LogP contribution in [0.1, 0.15) is 32.6 Å². The highest BCUT2D eigenvalue weighted by molar-refractivity contribution is 7.99. The molecule has 0 amide bonds. The smallest absolute Gasteiger partial charge is 0.107 e. The Balaban J connectivity index is 2.33. The third-order valence-electron chi connectivity index (χ3n) is 2.85. The van der Waals surface area contributed by atoms with Gasteiger partial charge in [0.1, 0.15) is 5.54 Å². The second-order valence-electron chi connectivity index (χ2n) is 4.04. The van der Waals surface area contributed by atoms with Crippen molar-refractivity contribution in [3.63, 3.8) is 0 Å². The van der Waals surface area contributed by atoms with E-state index in [0.717, 1.165) is 38.0 Å². The Morgan fingerprint density at radius 1 is 1.67 bits per heavy atom. The van der Waals surface area contributed by atoms with E-state index in [4.69, 9.17) is 5.11 Å². The summed E-state index contributed by atoms with van der Waals surface area (Å²) in [5, 5.41) is 21.8. The van der Waals surface area contributed by atoms with E-state index in [9.17, 15) is 5.26 Å². The van der Waals surface area contributed by atoms with E-state index in [2.05, 4.69) is 11.4 Å². The molecule has 0 aromatic rings. The van der Waals surface area contributed by atoms with Crippen LogP contribution >= 0.6 is 11.8 Å². The first-order chi connectivity index (χ1) is 7.26. The Morgan fingerprint density at radius 2 is 2.47 bits per heavy atom. The monoisotopic (exact) mass is 228 g/mol. The van der Waals surface area contributed by atoms with Crippen molar-refractivity contribution in [3.05, 3.63) is 0 Å². The topological polar surface area (TPSA) is 56.0 Å². The van der Waals surface area contributed by atoms with Gasteiger partial charge in [0.25, 0.3) is 0 Å². The standard InChI is InChI=1S/C11H20N2OS/c1-2-13-11(9-12)5-4-10(8-11)15-7-3-6-14/h10,13-14H,2-8H2,1H3. The van der Waals surface area contributed by atoms with Crippen LogP contribution in [0.15, 0.2) is 0 Å². The van der Waals surface area contributed by atoms with Gasteiger partial charge in [0, 0.05) is 11.9 Å². The van der Waals surface area contributed by atoms with E-state index in [1.807, 2.05) is 18.7 Å². The van der Waals surface area contributed by atoms with Crippen LogP contribution in [0.4, 0.5) is 0 Å². The molecule has 3 nitrogen and oxygen atoms in total. The average molecular weight is 228 g/mol. The molecule has 86 valence electrons. The van der Waals surface area contributed by atoms with Crippen molar-refractivity contribution in [2.24, 2.45) is 0 Å². The lowest BCUT2D eigenvalue weighted by molar-refractivity contribution is 0.296. The summed E-state index contributed by atoms with van der Waals surface area (Å²) >= 11 is 1.90. The molecule has 0 radical (unpaired) electrons. The van der Waals surface area contributed by atoms with Crippen LogP contribution in [-0.4, -0.2) is 34.8 Å². The zero-order valence-corrected chi connectivity index (χ0v) is 10.1. The molecule has 2 N–H and O–H groups in total. The molecule has 0 aliphatic heterocycles. The largest absolute Gasteiger partial charge is 0.396 e. The zero-order valence-electron chi connectivity index (χ0n) is 9.33. The number of aliphatic hydroxyl groups excluding tert-OH is 1. The minimum atomic E-state index is -0.272. The maximum Gasteiger partial charge on any atom is 0.107 e. The zero-order chi connectivity index (χ0) is 11.1. The molecule has 0 spiro atoms. The van der Waals surface area contributed by atoms with Crippen LogP contribution in [0.5, 0.6) is 0 Å². The van der Waals surface area contributed by atoms with Crippen molar-refractivity contribution in [1.29, 1.82) is 5.26 Å². The summed E-state index contributed by atoms with van der Waals surface area (Å²) in [4.78, 5) is 0. The Morgan fingerprint density at radius 3 is 3.07 bits per heavy atom. The van der Waals surface area contributed by atoms with Crippen molar-refractivity contribution in [2.45, 2.75) is 43.4 Å². The molecule has 0 aromatic carbocycles. The van der Waals surface area contributed by atoms with Crippen molar-refractivity contribution in [2.75, 3.05) is 18.9 Å². The lowest BCUT2D eigenvalue weighted by atomic mass is 10.0. The molecular formula is C11H20N2OS. The van der Waals surface area contributed by atoms with E-state index < -0.39 is 0 Å². The van der Waals surface area contributed by atoms with Gasteiger partial charge in [-0.05, 0) is 38.0 Å². The van der Waals surface area contributed by atoms with Crippen molar-refractivity contribution >= 4 is 11.8 Å². The Labute approximate surface area is 96.2 Å². The molecule has 2 unspecified atom stereocenters. The number of thioether (sulfide) groups is 1. The number of aliphatic hydroxyl groups is 1. The molecule has 1 saturated carbocycles. The quantitative estimate of drug-likeness (QED) is 0.677. The summed E-state index contributed by atoms with van der Waals surface area (Å²) in [6.07, 6.45) is 3.90. The van der Waals surface area contributed by atoms with E-state index in [-0.39, 0.29) is 12.1 Å². The molecule has 1 fully saturated rings. The molecule has 1 rings (SSSR count). The maximum absolute atomic E-state index is 9.18. The summed E-state index contributed by atoms with van der Waals surface area (Å²) < 4.78 is 0. The number of hydrogen-bond donors (Lipinski definition) is 2. The molecule has 15 heavy (non-hydrogen) atoms. The molecule has 1 aliphatic rings. The van der Waals surface area contributed by atoms with Gasteiger partial charge in [-0.3, -0.25) is 5.32 Å². The lowest BCUT2D eigenvalue weighted by Crippen LogP contribution is -2.41. The minimum Gasteiger partial charge on any atom is -0.396 e. The Hall–Kier alpha value is -0.240. The van der Waals surface area contributed by atoms with Crippen LogP contribution in [0.2, 0.25) is 0 Å². The number of hydrogen-bond acceptors (Lipinski definition) is 4. The van der Waals surface area contributed by atoms with Crippen LogP contribution in [0, 0.1) is 11.3 Å². The lowest BCUT2D eigenvalue weighted by Gasteiger charge is -2.21. The third-order valence-corrected chi connectivity index (χ3v) is 4.25. The summed E-state index contributed by atoms with van der Waals surface area (Å²) in [6.45, 7) is 3.18. The fourth-order valence-corrected chi connectivity index (χ4v) is 3.41. The van der Waals surface area contributed by atoms with Gasteiger partial charge in [-0.1, -0.05) is 6.92 Å². The van der Waals surface area contributed by atoms with Gasteiger partial charge in [-0.25, -0.2) is 0 Å². The molecule has 0 saturated heterocycles. The number of nitrogens with zero attached hydrogens (tertiary/aromatic N) is 1. The van der Waals surface area contributed by atoms with Crippen molar-refractivity contribution in [3.8, 4) is 6.07 Å². The Bertz CT molecular complexity index is 229. The van der Waals surface area contributed by atoms with Crippen LogP contribution in [-0.2, 0) is 0 Å². The summed E-state index contributed by atoms with van der Waals surface area (Å²) in [7, 11) is 0. The predicted octanol–water partition coefficient (Wildman–Crippen LogP) is 1.53. The molecule has 2 atom stereocenters. The molecule has 0 bridgehead atoms. The van der Waals surface area contributed by atoms with Crippen LogP contribution in [0.3, 0.4) is 0 Å². The maximum atomic E-state index is 9.18. The van der Waals surface area contributed by atoms with Crippen molar-refractivity contribution in [1.82, 2.24) is 5.32 Å². The first-order valence-corrected chi connectivity index (χ1v) is 6.70. The first-order valence-electron chi connectivity index (χ1n) is 5.65. The van der Waals surface area contributed by atoms with Gasteiger partial charge >= 0.3 is 0 Å². The first kappa shape index (κ1) is 12.8. The van der Waals surface area contributed by atoms with Gasteiger partial charge < -0.3 is 5.11 Å². The summed E-state index contributed by atoms with van der Waals surface area (Å²) in [5.74, 6) is 1.01. The van der Waals surface area contributed by atoms with Crippen molar-refractivity contribution < 1.29 is 5.11 Å². The van der Waals surface area contributed by atoms with E-state index >= 15 is 0 Å². The summed E-state index contributed by atoms with van der Waals surface area (Å²) in [5.41, 5.74) is -0.272. The summed E-state index contributed by atoms with van der Waals surface area (Å²) in [6, 6.07) is 2.42. The molecular weight excluding hydrogens is 208 g/mol. The van der Waals surface area contributed by atoms with Crippen LogP contribution < -0.4 is 5.32 Å². The Kier molecular flexibility index (Phi) is 5.44. The molecule has 1 aliphatic carbocycles. The van der Waals surface area contributed by atoms with E-state index in [1.165, 1.54) is 0 Å².